The van der Waals surface area contributed by atoms with E-state index in [9.17, 15) is 13.2 Å². The maximum atomic E-state index is 12.1. The number of nitrogens with zero attached hydrogens (tertiary/aromatic N) is 2. The molecule has 7 heteroatoms. The number of hydrogen-bond acceptors (Lipinski definition) is 4. The van der Waals surface area contributed by atoms with Gasteiger partial charge in [-0.2, -0.15) is 18.2 Å². The van der Waals surface area contributed by atoms with E-state index in [0.29, 0.717) is 6.54 Å². The second-order valence-corrected chi connectivity index (χ2v) is 3.16. The van der Waals surface area contributed by atoms with Crippen LogP contribution in [0.1, 0.15) is 31.5 Å². The largest absolute Gasteiger partial charge is 0.455 e. The lowest BCUT2D eigenvalue weighted by Crippen LogP contribution is -2.19. The second kappa shape index (κ2) is 4.61. The van der Waals surface area contributed by atoms with Crippen LogP contribution in [0.2, 0.25) is 0 Å². The third-order valence-corrected chi connectivity index (χ3v) is 1.82. The zero-order valence-electron chi connectivity index (χ0n) is 8.43. The normalized spacial score (nSPS) is 14.2. The van der Waals surface area contributed by atoms with Crippen molar-refractivity contribution in [3.05, 3.63) is 11.7 Å². The number of aromatic nitrogens is 2. The van der Waals surface area contributed by atoms with E-state index < -0.39 is 12.0 Å². The van der Waals surface area contributed by atoms with Crippen molar-refractivity contribution in [2.75, 3.05) is 13.1 Å². The zero-order valence-corrected chi connectivity index (χ0v) is 8.43. The molecule has 0 radical (unpaired) electrons. The molecule has 1 aromatic heterocycles. The average Bonchev–Trinajstić information content (AvgIpc) is 2.62. The van der Waals surface area contributed by atoms with Gasteiger partial charge in [-0.05, 0) is 6.54 Å². The van der Waals surface area contributed by atoms with Crippen molar-refractivity contribution in [2.45, 2.75) is 25.9 Å². The zero-order chi connectivity index (χ0) is 11.5. The molecule has 0 aromatic carbocycles. The summed E-state index contributed by atoms with van der Waals surface area (Å²) in [4.78, 5) is 3.29. The predicted molar refractivity (Wildman–Crippen MR) is 46.3 cm³/mol. The number of nitrogens with one attached hydrogen (secondary N) is 1. The van der Waals surface area contributed by atoms with Crippen molar-refractivity contribution in [2.24, 2.45) is 0 Å². The molecule has 15 heavy (non-hydrogen) atoms. The molecule has 0 aliphatic rings. The van der Waals surface area contributed by atoms with E-state index in [-0.39, 0.29) is 11.8 Å². The summed E-state index contributed by atoms with van der Waals surface area (Å²) in [7, 11) is 0. The molecule has 1 atom stereocenters. The monoisotopic (exact) mass is 223 g/mol. The summed E-state index contributed by atoms with van der Waals surface area (Å²) in [5.74, 6) is -1.45. The van der Waals surface area contributed by atoms with Gasteiger partial charge < -0.3 is 9.84 Å². The number of halogens is 3. The summed E-state index contributed by atoms with van der Waals surface area (Å²) in [5.41, 5.74) is 0. The van der Waals surface area contributed by atoms with Gasteiger partial charge in [0.05, 0.1) is 0 Å². The van der Waals surface area contributed by atoms with Crippen LogP contribution in [0.5, 0.6) is 0 Å². The van der Waals surface area contributed by atoms with Gasteiger partial charge in [-0.3, -0.25) is 0 Å². The van der Waals surface area contributed by atoms with Crippen molar-refractivity contribution >= 4 is 0 Å². The molecule has 0 saturated carbocycles. The van der Waals surface area contributed by atoms with Gasteiger partial charge in [-0.25, -0.2) is 0 Å². The van der Waals surface area contributed by atoms with Gasteiger partial charge in [0.2, 0.25) is 5.89 Å². The number of rotatable bonds is 4. The van der Waals surface area contributed by atoms with Crippen molar-refractivity contribution in [1.29, 1.82) is 0 Å². The Morgan fingerprint density at radius 1 is 1.47 bits per heavy atom. The van der Waals surface area contributed by atoms with Gasteiger partial charge in [0.1, 0.15) is 0 Å². The van der Waals surface area contributed by atoms with E-state index in [1.807, 2.05) is 6.92 Å². The van der Waals surface area contributed by atoms with Crippen LogP contribution in [-0.4, -0.2) is 23.2 Å². The molecule has 0 aliphatic carbocycles. The highest BCUT2D eigenvalue weighted by Gasteiger charge is 2.37. The van der Waals surface area contributed by atoms with Crippen LogP contribution in [0.4, 0.5) is 13.2 Å². The molecule has 0 bridgehead atoms. The first-order valence-electron chi connectivity index (χ1n) is 4.56. The van der Waals surface area contributed by atoms with Gasteiger partial charge in [0.15, 0.2) is 0 Å². The third kappa shape index (κ3) is 3.19. The molecule has 4 nitrogen and oxygen atoms in total. The SMILES string of the molecule is CCNCC(C)c1nc(C(F)(F)F)no1. The van der Waals surface area contributed by atoms with Crippen LogP contribution in [0.15, 0.2) is 4.52 Å². The minimum absolute atomic E-state index is 0.00303. The van der Waals surface area contributed by atoms with Crippen LogP contribution >= 0.6 is 0 Å². The summed E-state index contributed by atoms with van der Waals surface area (Å²) in [6.45, 7) is 4.87. The molecule has 1 rings (SSSR count). The average molecular weight is 223 g/mol. The molecule has 1 heterocycles. The highest BCUT2D eigenvalue weighted by atomic mass is 19.4. The molecule has 1 aromatic rings. The summed E-state index contributed by atoms with van der Waals surface area (Å²) in [5, 5.41) is 5.86. The van der Waals surface area contributed by atoms with E-state index in [0.717, 1.165) is 6.54 Å². The van der Waals surface area contributed by atoms with E-state index in [2.05, 4.69) is 20.0 Å². The summed E-state index contributed by atoms with van der Waals surface area (Å²) in [6, 6.07) is 0. The molecule has 1 N–H and O–H groups in total. The van der Waals surface area contributed by atoms with E-state index in [1.165, 1.54) is 0 Å². The van der Waals surface area contributed by atoms with Crippen molar-refractivity contribution in [3.8, 4) is 0 Å². The lowest BCUT2D eigenvalue weighted by molar-refractivity contribution is -0.146. The van der Waals surface area contributed by atoms with Crippen molar-refractivity contribution in [3.63, 3.8) is 0 Å². The lowest BCUT2D eigenvalue weighted by atomic mass is 10.2. The molecule has 86 valence electrons. The first-order chi connectivity index (χ1) is 6.95. The van der Waals surface area contributed by atoms with Crippen molar-refractivity contribution in [1.82, 2.24) is 15.5 Å². The first kappa shape index (κ1) is 12.0. The maximum Gasteiger partial charge on any atom is 0.455 e. The quantitative estimate of drug-likeness (QED) is 0.845. The van der Waals surface area contributed by atoms with Gasteiger partial charge >= 0.3 is 6.18 Å². The van der Waals surface area contributed by atoms with Crippen LogP contribution in [0.25, 0.3) is 0 Å². The number of hydrogen-bond donors (Lipinski definition) is 1. The van der Waals surface area contributed by atoms with Crippen LogP contribution in [-0.2, 0) is 6.18 Å². The van der Waals surface area contributed by atoms with E-state index >= 15 is 0 Å². The smallest absolute Gasteiger partial charge is 0.339 e. The highest BCUT2D eigenvalue weighted by molar-refractivity contribution is 4.95. The maximum absolute atomic E-state index is 12.1. The fraction of sp³-hybridized carbons (Fsp3) is 0.750. The second-order valence-electron chi connectivity index (χ2n) is 3.16. The van der Waals surface area contributed by atoms with Crippen LogP contribution in [0.3, 0.4) is 0 Å². The van der Waals surface area contributed by atoms with Gasteiger partial charge in [-0.1, -0.05) is 19.0 Å². The topological polar surface area (TPSA) is 51.0 Å². The molecule has 0 fully saturated rings. The minimum atomic E-state index is -4.54. The molecular weight excluding hydrogens is 211 g/mol. The standard InChI is InChI=1S/C8H12F3N3O/c1-3-12-4-5(2)6-13-7(14-15-6)8(9,10)11/h5,12H,3-4H2,1-2H3. The van der Waals surface area contributed by atoms with Crippen LogP contribution < -0.4 is 5.32 Å². The number of alkyl halides is 3. The van der Waals surface area contributed by atoms with E-state index in [4.69, 9.17) is 0 Å². The Morgan fingerprint density at radius 3 is 2.60 bits per heavy atom. The fourth-order valence-corrected chi connectivity index (χ4v) is 0.999. The Hall–Kier alpha value is -1.11. The first-order valence-corrected chi connectivity index (χ1v) is 4.56. The Bertz CT molecular complexity index is 310. The molecule has 1 unspecified atom stereocenters. The summed E-state index contributed by atoms with van der Waals surface area (Å²) >= 11 is 0. The Kier molecular flexibility index (Phi) is 3.67. The predicted octanol–water partition coefficient (Wildman–Crippen LogP) is 1.80. The van der Waals surface area contributed by atoms with Crippen LogP contribution in [0, 0.1) is 0 Å². The summed E-state index contributed by atoms with van der Waals surface area (Å²) < 4.78 is 40.9. The molecule has 0 amide bonds. The van der Waals surface area contributed by atoms with Crippen molar-refractivity contribution < 1.29 is 17.7 Å². The Labute approximate surface area is 84.9 Å². The molecular formula is C8H12F3N3O. The number of likely N-dealkylation sites (N-methyl/N-ethyl adjacent to an activating group) is 1. The van der Waals surface area contributed by atoms with E-state index in [1.54, 1.807) is 6.92 Å². The van der Waals surface area contributed by atoms with Gasteiger partial charge in [0, 0.05) is 12.5 Å². The molecule has 0 spiro atoms. The van der Waals surface area contributed by atoms with Gasteiger partial charge in [0.25, 0.3) is 5.82 Å². The highest BCUT2D eigenvalue weighted by Crippen LogP contribution is 2.27. The molecule has 0 aliphatic heterocycles. The Morgan fingerprint density at radius 2 is 2.13 bits per heavy atom. The van der Waals surface area contributed by atoms with Gasteiger partial charge in [-0.15, -0.1) is 0 Å². The third-order valence-electron chi connectivity index (χ3n) is 1.82. The molecule has 0 saturated heterocycles. The Balaban J connectivity index is 2.67. The summed E-state index contributed by atoms with van der Waals surface area (Å²) in [6.07, 6.45) is -4.54. The lowest BCUT2D eigenvalue weighted by Gasteiger charge is -2.05. The fourth-order valence-electron chi connectivity index (χ4n) is 0.999. The minimum Gasteiger partial charge on any atom is -0.339 e.